The first-order chi connectivity index (χ1) is 13.5. The second-order valence-corrected chi connectivity index (χ2v) is 7.17. The van der Waals surface area contributed by atoms with E-state index < -0.39 is 11.4 Å². The average molecular weight is 384 g/mol. The van der Waals surface area contributed by atoms with Crippen LogP contribution < -0.4 is 4.74 Å². The number of methoxy groups -OCH3 is 1. The van der Waals surface area contributed by atoms with Crippen LogP contribution in [0.4, 0.5) is 9.18 Å². The number of ether oxygens (including phenoxy) is 2. The van der Waals surface area contributed by atoms with Crippen LogP contribution in [0.5, 0.6) is 5.75 Å². The zero-order valence-electron chi connectivity index (χ0n) is 15.6. The Bertz CT molecular complexity index is 905. The monoisotopic (exact) mass is 384 g/mol. The highest BCUT2D eigenvalue weighted by atomic mass is 19.1. The largest absolute Gasteiger partial charge is 0.494 e. The molecular formula is C21H21FN2O4. The minimum absolute atomic E-state index is 0.0304. The van der Waals surface area contributed by atoms with Crippen LogP contribution in [0.25, 0.3) is 0 Å². The molecule has 2 aromatic carbocycles. The maximum atomic E-state index is 13.7. The summed E-state index contributed by atoms with van der Waals surface area (Å²) in [6.07, 6.45) is 0.252. The molecule has 1 atom stereocenters. The normalized spacial score (nSPS) is 21.3. The molecule has 1 unspecified atom stereocenters. The molecule has 0 saturated carbocycles. The Hall–Kier alpha value is -3.09. The summed E-state index contributed by atoms with van der Waals surface area (Å²) in [6, 6.07) is 13.9. The van der Waals surface area contributed by atoms with Crippen molar-refractivity contribution in [3.05, 3.63) is 65.5 Å². The first-order valence-electron chi connectivity index (χ1n) is 9.13. The molecule has 2 fully saturated rings. The molecule has 2 saturated heterocycles. The quantitative estimate of drug-likeness (QED) is 0.813. The molecule has 0 aromatic heterocycles. The summed E-state index contributed by atoms with van der Waals surface area (Å²) >= 11 is 0. The molecule has 2 aromatic rings. The van der Waals surface area contributed by atoms with E-state index in [-0.39, 0.29) is 24.4 Å². The van der Waals surface area contributed by atoms with Gasteiger partial charge >= 0.3 is 6.09 Å². The number of benzene rings is 2. The van der Waals surface area contributed by atoms with Crippen molar-refractivity contribution in [3.63, 3.8) is 0 Å². The van der Waals surface area contributed by atoms with Crippen LogP contribution >= 0.6 is 0 Å². The SMILES string of the molecule is COc1cc(C(=O)N2CCN3C(=O)OCC3(Cc3ccccc3)C2)ccc1F. The fraction of sp³-hybridized carbons (Fsp3) is 0.333. The standard InChI is InChI=1S/C21H21FN2O4/c1-27-18-11-16(7-8-17(18)22)19(25)23-9-10-24-20(26)28-14-21(24,13-23)12-15-5-3-2-4-6-15/h2-8,11H,9-10,12-14H2,1H3. The van der Waals surface area contributed by atoms with E-state index in [1.165, 1.54) is 25.3 Å². The Morgan fingerprint density at radius 1 is 1.21 bits per heavy atom. The molecule has 28 heavy (non-hydrogen) atoms. The van der Waals surface area contributed by atoms with Crippen molar-refractivity contribution in [2.75, 3.05) is 33.4 Å². The van der Waals surface area contributed by atoms with Gasteiger partial charge in [0.15, 0.2) is 11.6 Å². The third-order valence-electron chi connectivity index (χ3n) is 5.40. The lowest BCUT2D eigenvalue weighted by Gasteiger charge is -2.44. The summed E-state index contributed by atoms with van der Waals surface area (Å²) in [7, 11) is 1.36. The van der Waals surface area contributed by atoms with Crippen LogP contribution in [0.2, 0.25) is 0 Å². The number of piperazine rings is 1. The molecule has 2 heterocycles. The van der Waals surface area contributed by atoms with Crippen LogP contribution in [0.1, 0.15) is 15.9 Å². The third kappa shape index (κ3) is 3.17. The van der Waals surface area contributed by atoms with E-state index in [0.29, 0.717) is 31.6 Å². The zero-order chi connectivity index (χ0) is 19.7. The molecule has 4 rings (SSSR count). The summed E-state index contributed by atoms with van der Waals surface area (Å²) in [5.41, 5.74) is 0.826. The smallest absolute Gasteiger partial charge is 0.410 e. The molecule has 0 bridgehead atoms. The minimum Gasteiger partial charge on any atom is -0.494 e. The fourth-order valence-electron chi connectivity index (χ4n) is 3.99. The van der Waals surface area contributed by atoms with Gasteiger partial charge in [0.25, 0.3) is 5.91 Å². The lowest BCUT2D eigenvalue weighted by molar-refractivity contribution is 0.0375. The van der Waals surface area contributed by atoms with Crippen LogP contribution in [-0.4, -0.2) is 60.7 Å². The number of hydrogen-bond acceptors (Lipinski definition) is 4. The molecule has 0 aliphatic carbocycles. The summed E-state index contributed by atoms with van der Waals surface area (Å²) in [5.74, 6) is -0.702. The van der Waals surface area contributed by atoms with Gasteiger partial charge in [-0.3, -0.25) is 9.69 Å². The first-order valence-corrected chi connectivity index (χ1v) is 9.13. The van der Waals surface area contributed by atoms with Gasteiger partial charge in [-0.1, -0.05) is 30.3 Å². The predicted molar refractivity (Wildman–Crippen MR) is 99.8 cm³/mol. The predicted octanol–water partition coefficient (Wildman–Crippen LogP) is 2.72. The maximum absolute atomic E-state index is 13.7. The Morgan fingerprint density at radius 2 is 2.00 bits per heavy atom. The average Bonchev–Trinajstić information content (AvgIpc) is 3.04. The van der Waals surface area contributed by atoms with E-state index in [2.05, 4.69) is 0 Å². The van der Waals surface area contributed by atoms with Crippen molar-refractivity contribution in [3.8, 4) is 5.75 Å². The highest BCUT2D eigenvalue weighted by Crippen LogP contribution is 2.33. The molecular weight excluding hydrogens is 363 g/mol. The van der Waals surface area contributed by atoms with Gasteiger partial charge in [0.05, 0.1) is 7.11 Å². The maximum Gasteiger partial charge on any atom is 0.410 e. The number of carbonyl (C=O) groups is 2. The highest BCUT2D eigenvalue weighted by Gasteiger charge is 2.51. The van der Waals surface area contributed by atoms with Gasteiger partial charge in [0.1, 0.15) is 12.1 Å². The van der Waals surface area contributed by atoms with Gasteiger partial charge in [-0.05, 0) is 23.8 Å². The Balaban J connectivity index is 1.60. The molecule has 2 aliphatic rings. The van der Waals surface area contributed by atoms with E-state index >= 15 is 0 Å². The van der Waals surface area contributed by atoms with Crippen molar-refractivity contribution in [2.45, 2.75) is 12.0 Å². The van der Waals surface area contributed by atoms with Crippen molar-refractivity contribution in [2.24, 2.45) is 0 Å². The summed E-state index contributed by atoms with van der Waals surface area (Å²) in [6.45, 7) is 1.38. The Kier molecular flexibility index (Phi) is 4.66. The van der Waals surface area contributed by atoms with E-state index in [1.807, 2.05) is 30.3 Å². The van der Waals surface area contributed by atoms with Crippen molar-refractivity contribution < 1.29 is 23.5 Å². The number of carbonyl (C=O) groups excluding carboxylic acids is 2. The molecule has 0 radical (unpaired) electrons. The van der Waals surface area contributed by atoms with Crippen LogP contribution in [-0.2, 0) is 11.2 Å². The number of cyclic esters (lactones) is 1. The topological polar surface area (TPSA) is 59.1 Å². The summed E-state index contributed by atoms with van der Waals surface area (Å²) in [5, 5.41) is 0. The van der Waals surface area contributed by atoms with Crippen LogP contribution in [0.3, 0.4) is 0 Å². The van der Waals surface area contributed by atoms with E-state index in [4.69, 9.17) is 9.47 Å². The van der Waals surface area contributed by atoms with Crippen molar-refractivity contribution in [1.29, 1.82) is 0 Å². The van der Waals surface area contributed by atoms with Crippen molar-refractivity contribution in [1.82, 2.24) is 9.80 Å². The Morgan fingerprint density at radius 3 is 2.75 bits per heavy atom. The second kappa shape index (κ2) is 7.14. The van der Waals surface area contributed by atoms with Crippen LogP contribution in [0.15, 0.2) is 48.5 Å². The van der Waals surface area contributed by atoms with Gasteiger partial charge in [0.2, 0.25) is 0 Å². The summed E-state index contributed by atoms with van der Waals surface area (Å²) in [4.78, 5) is 28.7. The summed E-state index contributed by atoms with van der Waals surface area (Å²) < 4.78 is 24.0. The molecule has 0 spiro atoms. The van der Waals surface area contributed by atoms with Crippen LogP contribution in [0, 0.1) is 5.82 Å². The van der Waals surface area contributed by atoms with Gasteiger partial charge < -0.3 is 14.4 Å². The lowest BCUT2D eigenvalue weighted by Crippen LogP contribution is -2.63. The fourth-order valence-corrected chi connectivity index (χ4v) is 3.99. The van der Waals surface area contributed by atoms with Gasteiger partial charge in [0, 0.05) is 31.6 Å². The van der Waals surface area contributed by atoms with Gasteiger partial charge in [-0.2, -0.15) is 0 Å². The molecule has 146 valence electrons. The molecule has 2 amide bonds. The number of fused-ring (bicyclic) bond motifs is 1. The molecule has 2 aliphatic heterocycles. The molecule has 7 heteroatoms. The van der Waals surface area contributed by atoms with E-state index in [9.17, 15) is 14.0 Å². The number of nitrogens with zero attached hydrogens (tertiary/aromatic N) is 2. The second-order valence-electron chi connectivity index (χ2n) is 7.17. The Labute approximate surface area is 162 Å². The van der Waals surface area contributed by atoms with Crippen molar-refractivity contribution >= 4 is 12.0 Å². The molecule has 6 nitrogen and oxygen atoms in total. The van der Waals surface area contributed by atoms with Gasteiger partial charge in [-0.25, -0.2) is 9.18 Å². The number of rotatable bonds is 4. The van der Waals surface area contributed by atoms with E-state index in [1.54, 1.807) is 9.80 Å². The number of halogens is 1. The van der Waals surface area contributed by atoms with Gasteiger partial charge in [-0.15, -0.1) is 0 Å². The highest BCUT2D eigenvalue weighted by molar-refractivity contribution is 5.95. The number of amides is 2. The lowest BCUT2D eigenvalue weighted by atomic mass is 9.88. The third-order valence-corrected chi connectivity index (χ3v) is 5.40. The first kappa shape index (κ1) is 18.3. The molecule has 0 N–H and O–H groups in total. The van der Waals surface area contributed by atoms with E-state index in [0.717, 1.165) is 5.56 Å². The minimum atomic E-state index is -0.601. The number of hydrogen-bond donors (Lipinski definition) is 0. The zero-order valence-corrected chi connectivity index (χ0v) is 15.6.